The van der Waals surface area contributed by atoms with Gasteiger partial charge in [0, 0.05) is 49.4 Å². The van der Waals surface area contributed by atoms with Crippen LogP contribution in [0.25, 0.3) is 0 Å². The van der Waals surface area contributed by atoms with Crippen molar-refractivity contribution in [1.29, 1.82) is 0 Å². The molecule has 1 heterocycles. The minimum absolute atomic E-state index is 0.0527. The van der Waals surface area contributed by atoms with E-state index in [4.69, 9.17) is 0 Å². The van der Waals surface area contributed by atoms with Crippen molar-refractivity contribution in [3.05, 3.63) is 59.8 Å². The van der Waals surface area contributed by atoms with Gasteiger partial charge in [-0.3, -0.25) is 4.79 Å². The second-order valence-corrected chi connectivity index (χ2v) is 6.25. The molecule has 0 bridgehead atoms. The maximum Gasteiger partial charge on any atom is 0.162 e. The molecule has 0 saturated heterocycles. The minimum atomic E-state index is 0.0527. The normalized spacial score (nSPS) is 18.0. The summed E-state index contributed by atoms with van der Waals surface area (Å²) in [6.07, 6.45) is 7.37. The van der Waals surface area contributed by atoms with Crippen molar-refractivity contribution in [2.75, 3.05) is 11.9 Å². The molecular formula is C19H23N3O. The number of hydrogen-bond acceptors (Lipinski definition) is 3. The highest BCUT2D eigenvalue weighted by molar-refractivity contribution is 5.93. The van der Waals surface area contributed by atoms with Crippen LogP contribution in [0.15, 0.2) is 48.4 Å². The second-order valence-electron chi connectivity index (χ2n) is 6.25. The van der Waals surface area contributed by atoms with Crippen LogP contribution in [-0.4, -0.2) is 22.4 Å². The summed E-state index contributed by atoms with van der Waals surface area (Å²) in [7, 11) is 2.04. The highest BCUT2D eigenvalue weighted by Gasteiger charge is 2.25. The van der Waals surface area contributed by atoms with Crippen LogP contribution in [-0.2, 0) is 11.3 Å². The fourth-order valence-electron chi connectivity index (χ4n) is 3.19. The molecule has 3 rings (SSSR count). The molecule has 1 aromatic heterocycles. The Kier molecular flexibility index (Phi) is 4.33. The molecule has 1 atom stereocenters. The Morgan fingerprint density at radius 3 is 2.74 bits per heavy atom. The first-order chi connectivity index (χ1) is 11.1. The smallest absolute Gasteiger partial charge is 0.162 e. The van der Waals surface area contributed by atoms with E-state index in [1.165, 1.54) is 5.56 Å². The van der Waals surface area contributed by atoms with Gasteiger partial charge in [-0.1, -0.05) is 18.2 Å². The third kappa shape index (κ3) is 3.21. The van der Waals surface area contributed by atoms with Crippen LogP contribution in [0.1, 0.15) is 24.2 Å². The van der Waals surface area contributed by atoms with Gasteiger partial charge in [0.2, 0.25) is 0 Å². The molecule has 1 unspecified atom stereocenters. The first kappa shape index (κ1) is 15.5. The molecule has 1 aliphatic carbocycles. The summed E-state index contributed by atoms with van der Waals surface area (Å²) in [5.41, 5.74) is 3.48. The van der Waals surface area contributed by atoms with Gasteiger partial charge in [0.05, 0.1) is 0 Å². The summed E-state index contributed by atoms with van der Waals surface area (Å²) >= 11 is 0. The predicted octanol–water partition coefficient (Wildman–Crippen LogP) is 3.50. The van der Waals surface area contributed by atoms with Crippen LogP contribution in [0, 0.1) is 19.8 Å². The number of benzene rings is 1. The Hall–Kier alpha value is -2.36. The molecule has 0 fully saturated rings. The standard InChI is InChI=1S/C19H23N3O/c1-14-6-4-5-7-18(14)21(3)17-9-8-16(19(23)12-17)13-22-11-10-20-15(22)2/h4-7,10-12,16H,8-9,13H2,1-3H3. The monoisotopic (exact) mass is 309 g/mol. The second kappa shape index (κ2) is 6.41. The van der Waals surface area contributed by atoms with Gasteiger partial charge in [-0.05, 0) is 38.3 Å². The lowest BCUT2D eigenvalue weighted by atomic mass is 9.90. The van der Waals surface area contributed by atoms with Gasteiger partial charge >= 0.3 is 0 Å². The van der Waals surface area contributed by atoms with Crippen molar-refractivity contribution in [2.45, 2.75) is 33.2 Å². The number of rotatable bonds is 4. The van der Waals surface area contributed by atoms with Crippen molar-refractivity contribution in [1.82, 2.24) is 9.55 Å². The van der Waals surface area contributed by atoms with E-state index in [-0.39, 0.29) is 11.7 Å². The van der Waals surface area contributed by atoms with Gasteiger partial charge in [0.1, 0.15) is 5.82 Å². The summed E-state index contributed by atoms with van der Waals surface area (Å²) in [4.78, 5) is 18.9. The Bertz CT molecular complexity index is 745. The van der Waals surface area contributed by atoms with E-state index >= 15 is 0 Å². The maximum absolute atomic E-state index is 12.5. The molecule has 0 spiro atoms. The van der Waals surface area contributed by atoms with Gasteiger partial charge in [-0.15, -0.1) is 0 Å². The molecule has 0 saturated carbocycles. The van der Waals surface area contributed by atoms with Gasteiger partial charge < -0.3 is 9.47 Å². The third-order valence-corrected chi connectivity index (χ3v) is 4.71. The zero-order chi connectivity index (χ0) is 16.4. The Balaban J connectivity index is 1.75. The van der Waals surface area contributed by atoms with Gasteiger partial charge in [-0.2, -0.15) is 0 Å². The van der Waals surface area contributed by atoms with E-state index in [1.807, 2.05) is 38.4 Å². The zero-order valence-electron chi connectivity index (χ0n) is 14.0. The topological polar surface area (TPSA) is 38.1 Å². The lowest BCUT2D eigenvalue weighted by Crippen LogP contribution is -2.28. The molecular weight excluding hydrogens is 286 g/mol. The van der Waals surface area contributed by atoms with E-state index in [1.54, 1.807) is 6.20 Å². The van der Waals surface area contributed by atoms with Crippen molar-refractivity contribution in [2.24, 2.45) is 5.92 Å². The van der Waals surface area contributed by atoms with Crippen LogP contribution >= 0.6 is 0 Å². The van der Waals surface area contributed by atoms with E-state index in [9.17, 15) is 4.79 Å². The minimum Gasteiger partial charge on any atom is -0.348 e. The Labute approximate surface area is 137 Å². The SMILES string of the molecule is Cc1ccccc1N(C)C1=CC(=O)C(Cn2ccnc2C)CC1. The zero-order valence-corrected chi connectivity index (χ0v) is 14.0. The van der Waals surface area contributed by atoms with Crippen LogP contribution in [0.3, 0.4) is 0 Å². The number of carbonyl (C=O) groups is 1. The summed E-state index contributed by atoms with van der Waals surface area (Å²) < 4.78 is 2.06. The Morgan fingerprint density at radius 1 is 1.30 bits per heavy atom. The van der Waals surface area contributed by atoms with Crippen molar-refractivity contribution in [3.63, 3.8) is 0 Å². The van der Waals surface area contributed by atoms with E-state index < -0.39 is 0 Å². The fourth-order valence-corrected chi connectivity index (χ4v) is 3.19. The molecule has 0 aliphatic heterocycles. The lowest BCUT2D eigenvalue weighted by Gasteiger charge is -2.29. The van der Waals surface area contributed by atoms with Gasteiger partial charge in [-0.25, -0.2) is 4.98 Å². The van der Waals surface area contributed by atoms with E-state index in [0.717, 1.165) is 36.6 Å². The molecule has 1 aliphatic rings. The number of nitrogens with zero attached hydrogens (tertiary/aromatic N) is 3. The number of hydrogen-bond donors (Lipinski definition) is 0. The van der Waals surface area contributed by atoms with Gasteiger partial charge in [0.25, 0.3) is 0 Å². The average molecular weight is 309 g/mol. The molecule has 4 nitrogen and oxygen atoms in total. The summed E-state index contributed by atoms with van der Waals surface area (Å²) in [6.45, 7) is 4.80. The molecule has 0 amide bonds. The lowest BCUT2D eigenvalue weighted by molar-refractivity contribution is -0.119. The molecule has 23 heavy (non-hydrogen) atoms. The van der Waals surface area contributed by atoms with E-state index in [0.29, 0.717) is 0 Å². The molecule has 4 heteroatoms. The average Bonchev–Trinajstić information content (AvgIpc) is 2.94. The van der Waals surface area contributed by atoms with Crippen molar-refractivity contribution < 1.29 is 4.79 Å². The fraction of sp³-hybridized carbons (Fsp3) is 0.368. The summed E-state index contributed by atoms with van der Waals surface area (Å²) in [5.74, 6) is 1.24. The number of aromatic nitrogens is 2. The highest BCUT2D eigenvalue weighted by atomic mass is 16.1. The number of aryl methyl sites for hydroxylation is 2. The number of para-hydroxylation sites is 1. The van der Waals surface area contributed by atoms with Crippen molar-refractivity contribution in [3.8, 4) is 0 Å². The number of carbonyl (C=O) groups excluding carboxylic acids is 1. The highest BCUT2D eigenvalue weighted by Crippen LogP contribution is 2.29. The van der Waals surface area contributed by atoms with Crippen LogP contribution < -0.4 is 4.90 Å². The number of ketones is 1. The molecule has 0 radical (unpaired) electrons. The van der Waals surface area contributed by atoms with Crippen LogP contribution in [0.5, 0.6) is 0 Å². The molecule has 2 aromatic rings. The molecule has 120 valence electrons. The number of allylic oxidation sites excluding steroid dienone is 2. The van der Waals surface area contributed by atoms with Crippen molar-refractivity contribution >= 4 is 11.5 Å². The molecule has 1 aromatic carbocycles. The quantitative estimate of drug-likeness (QED) is 0.867. The van der Waals surface area contributed by atoms with Crippen LogP contribution in [0.2, 0.25) is 0 Å². The third-order valence-electron chi connectivity index (χ3n) is 4.71. The summed E-state index contributed by atoms with van der Waals surface area (Å²) in [6, 6.07) is 8.27. The Morgan fingerprint density at radius 2 is 2.09 bits per heavy atom. The predicted molar refractivity (Wildman–Crippen MR) is 92.4 cm³/mol. The maximum atomic E-state index is 12.5. The largest absolute Gasteiger partial charge is 0.348 e. The first-order valence-corrected chi connectivity index (χ1v) is 8.08. The van der Waals surface area contributed by atoms with Crippen LogP contribution in [0.4, 0.5) is 5.69 Å². The van der Waals surface area contributed by atoms with Gasteiger partial charge in [0.15, 0.2) is 5.78 Å². The molecule has 0 N–H and O–H groups in total. The van der Waals surface area contributed by atoms with E-state index in [2.05, 4.69) is 33.5 Å². The number of anilines is 1. The first-order valence-electron chi connectivity index (χ1n) is 8.08. The number of imidazole rings is 1. The summed E-state index contributed by atoms with van der Waals surface area (Å²) in [5, 5.41) is 0.